The Morgan fingerprint density at radius 3 is 2.62 bits per heavy atom. The van der Waals surface area contributed by atoms with Crippen molar-refractivity contribution in [3.05, 3.63) is 62.8 Å². The summed E-state index contributed by atoms with van der Waals surface area (Å²) >= 11 is 4.06. The number of thioether (sulfide) groups is 1. The molecule has 1 saturated heterocycles. The van der Waals surface area contributed by atoms with Gasteiger partial charge in [0, 0.05) is 28.2 Å². The predicted octanol–water partition coefficient (Wildman–Crippen LogP) is 4.89. The Labute approximate surface area is 180 Å². The van der Waals surface area contributed by atoms with E-state index in [-0.39, 0.29) is 16.9 Å². The van der Waals surface area contributed by atoms with Gasteiger partial charge in [0.2, 0.25) is 5.91 Å². The van der Waals surface area contributed by atoms with Crippen LogP contribution in [0.5, 0.6) is 0 Å². The standard InChI is InChI=1S/C21H18N2O3S3/c1-12-15(22-20(27-12)13-5-3-2-4-6-13)8-9-16(24)17-10-7-14(28-17)11-18-19(25)23-21(26)29-18/h2-7,10,18H,8-9,11H2,1H3,(H,23,25,26). The molecule has 0 spiro atoms. The number of ketones is 1. The van der Waals surface area contributed by atoms with E-state index in [4.69, 9.17) is 4.98 Å². The number of thiazole rings is 1. The van der Waals surface area contributed by atoms with Gasteiger partial charge in [-0.25, -0.2) is 4.98 Å². The number of carbonyl (C=O) groups excluding carboxylic acids is 3. The Balaban J connectivity index is 1.37. The maximum absolute atomic E-state index is 12.6. The summed E-state index contributed by atoms with van der Waals surface area (Å²) in [5, 5.41) is 2.56. The summed E-state index contributed by atoms with van der Waals surface area (Å²) in [5.74, 6) is -0.177. The summed E-state index contributed by atoms with van der Waals surface area (Å²) in [4.78, 5) is 43.1. The highest BCUT2D eigenvalue weighted by Gasteiger charge is 2.32. The topological polar surface area (TPSA) is 76.1 Å². The van der Waals surface area contributed by atoms with Gasteiger partial charge in [-0.1, -0.05) is 42.1 Å². The molecule has 1 aromatic carbocycles. The first-order valence-electron chi connectivity index (χ1n) is 9.14. The first-order valence-corrected chi connectivity index (χ1v) is 11.7. The Kier molecular flexibility index (Phi) is 5.94. The highest BCUT2D eigenvalue weighted by atomic mass is 32.2. The van der Waals surface area contributed by atoms with Gasteiger partial charge in [0.05, 0.1) is 15.8 Å². The van der Waals surface area contributed by atoms with Crippen molar-refractivity contribution < 1.29 is 14.4 Å². The molecule has 1 atom stereocenters. The van der Waals surface area contributed by atoms with E-state index in [2.05, 4.69) is 5.32 Å². The van der Waals surface area contributed by atoms with Gasteiger partial charge in [-0.3, -0.25) is 19.7 Å². The maximum Gasteiger partial charge on any atom is 0.286 e. The lowest BCUT2D eigenvalue weighted by Crippen LogP contribution is -2.25. The lowest BCUT2D eigenvalue weighted by molar-refractivity contribution is -0.118. The smallest absolute Gasteiger partial charge is 0.286 e. The predicted molar refractivity (Wildman–Crippen MR) is 118 cm³/mol. The minimum absolute atomic E-state index is 0.0783. The van der Waals surface area contributed by atoms with Crippen LogP contribution in [0.1, 0.15) is 31.5 Å². The van der Waals surface area contributed by atoms with Gasteiger partial charge in [0.25, 0.3) is 5.24 Å². The molecule has 0 aliphatic carbocycles. The molecule has 1 unspecified atom stereocenters. The van der Waals surface area contributed by atoms with Gasteiger partial charge in [0.1, 0.15) is 5.01 Å². The minimum Gasteiger partial charge on any atom is -0.293 e. The molecule has 3 heterocycles. The van der Waals surface area contributed by atoms with E-state index in [0.717, 1.165) is 37.8 Å². The number of hydrogen-bond acceptors (Lipinski definition) is 7. The Morgan fingerprint density at radius 2 is 1.90 bits per heavy atom. The molecule has 1 fully saturated rings. The Hall–Kier alpha value is -2.29. The summed E-state index contributed by atoms with van der Waals surface area (Å²) in [5.41, 5.74) is 2.06. The average Bonchev–Trinajstić information content (AvgIpc) is 3.40. The molecule has 8 heteroatoms. The summed E-state index contributed by atoms with van der Waals surface area (Å²) in [6.07, 6.45) is 1.47. The minimum atomic E-state index is -0.404. The fourth-order valence-electron chi connectivity index (χ4n) is 3.07. The number of nitrogens with zero attached hydrogens (tertiary/aromatic N) is 1. The normalized spacial score (nSPS) is 16.2. The Morgan fingerprint density at radius 1 is 1.10 bits per heavy atom. The van der Waals surface area contributed by atoms with E-state index in [1.807, 2.05) is 49.4 Å². The molecule has 0 radical (unpaired) electrons. The fourth-order valence-corrected chi connectivity index (χ4v) is 6.01. The van der Waals surface area contributed by atoms with Crippen molar-refractivity contribution in [1.29, 1.82) is 0 Å². The van der Waals surface area contributed by atoms with Crippen LogP contribution in [0, 0.1) is 6.92 Å². The van der Waals surface area contributed by atoms with Crippen LogP contribution < -0.4 is 5.32 Å². The zero-order valence-electron chi connectivity index (χ0n) is 15.6. The highest BCUT2D eigenvalue weighted by Crippen LogP contribution is 2.29. The number of benzene rings is 1. The molecule has 5 nitrogen and oxygen atoms in total. The molecule has 29 heavy (non-hydrogen) atoms. The van der Waals surface area contributed by atoms with E-state index in [0.29, 0.717) is 24.1 Å². The van der Waals surface area contributed by atoms with Crippen molar-refractivity contribution in [1.82, 2.24) is 10.3 Å². The molecular weight excluding hydrogens is 424 g/mol. The van der Waals surface area contributed by atoms with Crippen molar-refractivity contribution in [2.45, 2.75) is 31.4 Å². The van der Waals surface area contributed by atoms with Crippen molar-refractivity contribution in [3.8, 4) is 10.6 Å². The zero-order chi connectivity index (χ0) is 20.4. The maximum atomic E-state index is 12.6. The van der Waals surface area contributed by atoms with Gasteiger partial charge in [0.15, 0.2) is 5.78 Å². The molecule has 2 aromatic heterocycles. The summed E-state index contributed by atoms with van der Waals surface area (Å²) in [6.45, 7) is 2.04. The molecule has 2 amide bonds. The van der Waals surface area contributed by atoms with Crippen LogP contribution in [-0.2, 0) is 17.6 Å². The van der Waals surface area contributed by atoms with Crippen molar-refractivity contribution >= 4 is 51.4 Å². The quantitative estimate of drug-likeness (QED) is 0.527. The third-order valence-corrected chi connectivity index (χ3v) is 7.78. The second kappa shape index (κ2) is 8.61. The monoisotopic (exact) mass is 442 g/mol. The number of thiophene rings is 1. The van der Waals surface area contributed by atoms with E-state index in [1.54, 1.807) is 11.3 Å². The molecule has 0 saturated carbocycles. The molecular formula is C21H18N2O3S3. The van der Waals surface area contributed by atoms with Crippen LogP contribution in [-0.4, -0.2) is 27.2 Å². The van der Waals surface area contributed by atoms with E-state index >= 15 is 0 Å². The fraction of sp³-hybridized carbons (Fsp3) is 0.238. The van der Waals surface area contributed by atoms with E-state index in [9.17, 15) is 14.4 Å². The zero-order valence-corrected chi connectivity index (χ0v) is 18.1. The van der Waals surface area contributed by atoms with Crippen LogP contribution in [0.25, 0.3) is 10.6 Å². The number of imide groups is 1. The number of Topliss-reactive ketones (excluding diaryl/α,β-unsaturated/α-hetero) is 1. The number of amides is 2. The van der Waals surface area contributed by atoms with E-state index in [1.165, 1.54) is 11.3 Å². The van der Waals surface area contributed by atoms with Crippen molar-refractivity contribution in [2.75, 3.05) is 0 Å². The number of rotatable bonds is 7. The second-order valence-corrected chi connectivity index (χ2v) is 10.2. The van der Waals surface area contributed by atoms with Gasteiger partial charge in [-0.05, 0) is 25.5 Å². The third kappa shape index (κ3) is 4.66. The van der Waals surface area contributed by atoms with Crippen LogP contribution in [0.4, 0.5) is 4.79 Å². The molecule has 148 valence electrons. The SMILES string of the molecule is Cc1sc(-c2ccccc2)nc1CCC(=O)c1ccc(CC2SC(=O)NC2=O)s1. The molecule has 1 aliphatic heterocycles. The number of nitrogens with one attached hydrogen (secondary N) is 1. The molecule has 1 aliphatic rings. The molecule has 4 rings (SSSR count). The van der Waals surface area contributed by atoms with Crippen LogP contribution in [0.2, 0.25) is 0 Å². The lowest BCUT2D eigenvalue weighted by Gasteiger charge is -2.01. The van der Waals surface area contributed by atoms with Gasteiger partial charge in [-0.2, -0.15) is 0 Å². The van der Waals surface area contributed by atoms with Crippen molar-refractivity contribution in [2.24, 2.45) is 0 Å². The summed E-state index contributed by atoms with van der Waals surface area (Å²) < 4.78 is 0. The van der Waals surface area contributed by atoms with Crippen LogP contribution in [0.15, 0.2) is 42.5 Å². The summed E-state index contributed by atoms with van der Waals surface area (Å²) in [7, 11) is 0. The molecule has 3 aromatic rings. The van der Waals surface area contributed by atoms with E-state index < -0.39 is 5.25 Å². The number of hydrogen-bond donors (Lipinski definition) is 1. The first-order chi connectivity index (χ1) is 14.0. The van der Waals surface area contributed by atoms with Gasteiger partial charge in [-0.15, -0.1) is 22.7 Å². The second-order valence-electron chi connectivity index (χ2n) is 6.66. The number of carbonyl (C=O) groups is 3. The highest BCUT2D eigenvalue weighted by molar-refractivity contribution is 8.15. The Bertz CT molecular complexity index is 1070. The van der Waals surface area contributed by atoms with Crippen LogP contribution >= 0.6 is 34.4 Å². The van der Waals surface area contributed by atoms with Gasteiger partial charge >= 0.3 is 0 Å². The third-order valence-electron chi connectivity index (χ3n) is 4.59. The van der Waals surface area contributed by atoms with Crippen LogP contribution in [0.3, 0.4) is 0 Å². The molecule has 1 N–H and O–H groups in total. The first kappa shape index (κ1) is 20.0. The molecule has 0 bridgehead atoms. The largest absolute Gasteiger partial charge is 0.293 e. The van der Waals surface area contributed by atoms with Crippen molar-refractivity contribution in [3.63, 3.8) is 0 Å². The average molecular weight is 443 g/mol. The van der Waals surface area contributed by atoms with Gasteiger partial charge < -0.3 is 0 Å². The number of aryl methyl sites for hydroxylation is 2. The summed E-state index contributed by atoms with van der Waals surface area (Å²) in [6, 6.07) is 13.7. The number of aromatic nitrogens is 1. The lowest BCUT2D eigenvalue weighted by atomic mass is 10.1.